The summed E-state index contributed by atoms with van der Waals surface area (Å²) >= 11 is 0. The van der Waals surface area contributed by atoms with Crippen LogP contribution < -0.4 is 0 Å². The van der Waals surface area contributed by atoms with Crippen molar-refractivity contribution in [3.63, 3.8) is 0 Å². The zero-order valence-electron chi connectivity index (χ0n) is 11.9. The molecule has 2 rings (SSSR count). The second-order valence-electron chi connectivity index (χ2n) is 4.28. The van der Waals surface area contributed by atoms with E-state index < -0.39 is 5.97 Å². The molecule has 1 N–H and O–H groups in total. The van der Waals surface area contributed by atoms with E-state index in [0.29, 0.717) is 12.2 Å². The Morgan fingerprint density at radius 3 is 2.57 bits per heavy atom. The molecule has 1 amide bonds. The molecule has 0 saturated heterocycles. The molecular formula is C14H16N4O3. The third-order valence-corrected chi connectivity index (χ3v) is 3.01. The van der Waals surface area contributed by atoms with Crippen LogP contribution in [0.1, 0.15) is 17.4 Å². The lowest BCUT2D eigenvalue weighted by Gasteiger charge is -2.18. The molecule has 0 saturated carbocycles. The van der Waals surface area contributed by atoms with Crippen LogP contribution in [0.5, 0.6) is 0 Å². The fourth-order valence-electron chi connectivity index (χ4n) is 1.87. The highest BCUT2D eigenvalue weighted by Crippen LogP contribution is 2.20. The molecule has 21 heavy (non-hydrogen) atoms. The minimum absolute atomic E-state index is 0.118. The van der Waals surface area contributed by atoms with Crippen molar-refractivity contribution in [2.24, 2.45) is 0 Å². The summed E-state index contributed by atoms with van der Waals surface area (Å²) in [5.74, 6) is -0.842. The minimum atomic E-state index is -0.477. The molecule has 1 aromatic heterocycles. The molecule has 0 fully saturated rings. The van der Waals surface area contributed by atoms with E-state index in [2.05, 4.69) is 20.1 Å². The summed E-state index contributed by atoms with van der Waals surface area (Å²) in [5.41, 5.74) is 1.43. The number of aromatic nitrogens is 3. The lowest BCUT2D eigenvalue weighted by molar-refractivity contribution is -0.141. The quantitative estimate of drug-likeness (QED) is 0.832. The van der Waals surface area contributed by atoms with Gasteiger partial charge in [-0.05, 0) is 6.92 Å². The predicted octanol–water partition coefficient (Wildman–Crippen LogP) is 1.11. The van der Waals surface area contributed by atoms with E-state index >= 15 is 0 Å². The molecular weight excluding hydrogens is 272 g/mol. The van der Waals surface area contributed by atoms with E-state index in [4.69, 9.17) is 0 Å². The van der Waals surface area contributed by atoms with Crippen LogP contribution in [0.4, 0.5) is 0 Å². The number of nitrogens with one attached hydrogen (secondary N) is 1. The van der Waals surface area contributed by atoms with Crippen LogP contribution in [0.3, 0.4) is 0 Å². The largest absolute Gasteiger partial charge is 0.468 e. The molecule has 0 spiro atoms. The number of hydrogen-bond donors (Lipinski definition) is 1. The third kappa shape index (κ3) is 3.25. The summed E-state index contributed by atoms with van der Waals surface area (Å²) in [6, 6.07) is 9.26. The lowest BCUT2D eigenvalue weighted by Crippen LogP contribution is -2.36. The van der Waals surface area contributed by atoms with Crippen molar-refractivity contribution >= 4 is 11.9 Å². The average molecular weight is 288 g/mol. The second kappa shape index (κ2) is 6.65. The van der Waals surface area contributed by atoms with Gasteiger partial charge in [0.15, 0.2) is 5.69 Å². The Labute approximate surface area is 121 Å². The van der Waals surface area contributed by atoms with Crippen molar-refractivity contribution in [1.82, 2.24) is 20.3 Å². The molecule has 0 atom stereocenters. The predicted molar refractivity (Wildman–Crippen MR) is 75.4 cm³/mol. The van der Waals surface area contributed by atoms with E-state index in [-0.39, 0.29) is 18.1 Å². The van der Waals surface area contributed by atoms with Crippen LogP contribution in [0.15, 0.2) is 30.3 Å². The number of hydrogen-bond acceptors (Lipinski definition) is 5. The Morgan fingerprint density at radius 2 is 1.95 bits per heavy atom. The van der Waals surface area contributed by atoms with Gasteiger partial charge in [-0.25, -0.2) is 0 Å². The molecule has 0 unspecified atom stereocenters. The van der Waals surface area contributed by atoms with Crippen LogP contribution in [-0.2, 0) is 9.53 Å². The van der Waals surface area contributed by atoms with Gasteiger partial charge < -0.3 is 9.64 Å². The van der Waals surface area contributed by atoms with Crippen molar-refractivity contribution in [2.45, 2.75) is 6.92 Å². The average Bonchev–Trinajstić information content (AvgIpc) is 3.02. The molecule has 1 aromatic carbocycles. The zero-order chi connectivity index (χ0) is 15.2. The van der Waals surface area contributed by atoms with Crippen LogP contribution >= 0.6 is 0 Å². The van der Waals surface area contributed by atoms with Crippen LogP contribution in [-0.4, -0.2) is 52.4 Å². The number of rotatable bonds is 5. The topological polar surface area (TPSA) is 88.2 Å². The molecule has 0 aliphatic heterocycles. The highest BCUT2D eigenvalue weighted by Gasteiger charge is 2.24. The molecule has 0 bridgehead atoms. The van der Waals surface area contributed by atoms with Gasteiger partial charge in [-0.3, -0.25) is 9.59 Å². The first kappa shape index (κ1) is 14.7. The van der Waals surface area contributed by atoms with Gasteiger partial charge in [0.2, 0.25) is 0 Å². The van der Waals surface area contributed by atoms with Gasteiger partial charge in [-0.2, -0.15) is 15.4 Å². The summed E-state index contributed by atoms with van der Waals surface area (Å²) < 4.78 is 4.59. The maximum absolute atomic E-state index is 12.5. The minimum Gasteiger partial charge on any atom is -0.468 e. The summed E-state index contributed by atoms with van der Waals surface area (Å²) in [6.45, 7) is 2.03. The van der Waals surface area contributed by atoms with Gasteiger partial charge in [0, 0.05) is 12.1 Å². The van der Waals surface area contributed by atoms with Crippen molar-refractivity contribution in [2.75, 3.05) is 20.2 Å². The van der Waals surface area contributed by atoms with Gasteiger partial charge >= 0.3 is 5.97 Å². The summed E-state index contributed by atoms with van der Waals surface area (Å²) in [7, 11) is 1.28. The number of methoxy groups -OCH3 is 1. The Kier molecular flexibility index (Phi) is 4.65. The monoisotopic (exact) mass is 288 g/mol. The first-order valence-corrected chi connectivity index (χ1v) is 6.49. The molecule has 1 heterocycles. The number of aromatic amines is 1. The van der Waals surface area contributed by atoms with E-state index in [0.717, 1.165) is 5.56 Å². The highest BCUT2D eigenvalue weighted by atomic mass is 16.5. The van der Waals surface area contributed by atoms with Crippen molar-refractivity contribution < 1.29 is 14.3 Å². The molecule has 0 radical (unpaired) electrons. The number of H-pyrrole nitrogens is 1. The SMILES string of the molecule is CCN(CC(=O)OC)C(=O)c1n[nH]nc1-c1ccccc1. The number of amides is 1. The maximum Gasteiger partial charge on any atom is 0.325 e. The number of ether oxygens (including phenoxy) is 1. The van der Waals surface area contributed by atoms with Gasteiger partial charge in [0.05, 0.1) is 7.11 Å². The summed E-state index contributed by atoms with van der Waals surface area (Å²) in [4.78, 5) is 25.2. The molecule has 2 aromatic rings. The first-order valence-electron chi connectivity index (χ1n) is 6.49. The van der Waals surface area contributed by atoms with Gasteiger partial charge in [0.1, 0.15) is 12.2 Å². The number of likely N-dealkylation sites (N-methyl/N-ethyl adjacent to an activating group) is 1. The second-order valence-corrected chi connectivity index (χ2v) is 4.28. The fraction of sp³-hybridized carbons (Fsp3) is 0.286. The lowest BCUT2D eigenvalue weighted by atomic mass is 10.1. The zero-order valence-corrected chi connectivity index (χ0v) is 11.9. The number of esters is 1. The Morgan fingerprint density at radius 1 is 1.24 bits per heavy atom. The molecule has 7 nitrogen and oxygen atoms in total. The highest BCUT2D eigenvalue weighted by molar-refractivity contribution is 5.99. The van der Waals surface area contributed by atoms with Gasteiger partial charge in [0.25, 0.3) is 5.91 Å². The summed E-state index contributed by atoms with van der Waals surface area (Å²) in [5, 5.41) is 10.4. The van der Waals surface area contributed by atoms with Gasteiger partial charge in [-0.1, -0.05) is 30.3 Å². The summed E-state index contributed by atoms with van der Waals surface area (Å²) in [6.07, 6.45) is 0. The smallest absolute Gasteiger partial charge is 0.325 e. The van der Waals surface area contributed by atoms with E-state index in [1.165, 1.54) is 12.0 Å². The van der Waals surface area contributed by atoms with Crippen LogP contribution in [0.25, 0.3) is 11.3 Å². The van der Waals surface area contributed by atoms with Crippen molar-refractivity contribution in [3.05, 3.63) is 36.0 Å². The molecule has 7 heteroatoms. The number of carbonyl (C=O) groups excluding carboxylic acids is 2. The first-order chi connectivity index (χ1) is 10.2. The van der Waals surface area contributed by atoms with E-state index in [1.807, 2.05) is 30.3 Å². The Bertz CT molecular complexity index is 624. The maximum atomic E-state index is 12.5. The Hall–Kier alpha value is -2.70. The number of carbonyl (C=O) groups is 2. The van der Waals surface area contributed by atoms with Crippen molar-refractivity contribution in [1.29, 1.82) is 0 Å². The van der Waals surface area contributed by atoms with E-state index in [1.54, 1.807) is 6.92 Å². The molecule has 0 aliphatic carbocycles. The molecule has 110 valence electrons. The van der Waals surface area contributed by atoms with E-state index in [9.17, 15) is 9.59 Å². The molecule has 0 aliphatic rings. The normalized spacial score (nSPS) is 10.2. The number of benzene rings is 1. The van der Waals surface area contributed by atoms with Gasteiger partial charge in [-0.15, -0.1) is 0 Å². The standard InChI is InChI=1S/C14H16N4O3/c1-3-18(9-11(19)21-2)14(20)13-12(15-17-16-13)10-7-5-4-6-8-10/h4-8H,3,9H2,1-2H3,(H,15,16,17). The van der Waals surface area contributed by atoms with Crippen molar-refractivity contribution in [3.8, 4) is 11.3 Å². The van der Waals surface area contributed by atoms with Crippen LogP contribution in [0, 0.1) is 0 Å². The fourth-order valence-corrected chi connectivity index (χ4v) is 1.87. The third-order valence-electron chi connectivity index (χ3n) is 3.01. The van der Waals surface area contributed by atoms with Crippen LogP contribution in [0.2, 0.25) is 0 Å². The number of nitrogens with zero attached hydrogens (tertiary/aromatic N) is 3. The Balaban J connectivity index is 2.28.